The van der Waals surface area contributed by atoms with Gasteiger partial charge in [-0.15, -0.1) is 0 Å². The lowest BCUT2D eigenvalue weighted by atomic mass is 9.89. The maximum atomic E-state index is 14.2. The maximum absolute atomic E-state index is 14.2. The molecule has 0 radical (unpaired) electrons. The Hall–Kier alpha value is -4.71. The number of carbonyl (C=O) groups excluding carboxylic acids is 4. The molecule has 1 aromatic carbocycles. The number of amides is 4. The zero-order chi connectivity index (χ0) is 42.9. The fourth-order valence-corrected chi connectivity index (χ4v) is 8.88. The highest BCUT2D eigenvalue weighted by Crippen LogP contribution is 2.40. The summed E-state index contributed by atoms with van der Waals surface area (Å²) in [6.07, 6.45) is -5.14. The molecule has 1 aromatic heterocycles. The van der Waals surface area contributed by atoms with E-state index in [2.05, 4.69) is 15.6 Å². The number of hydrogen-bond donors (Lipinski definition) is 2. The van der Waals surface area contributed by atoms with Crippen molar-refractivity contribution in [3.05, 3.63) is 53.3 Å². The third kappa shape index (κ3) is 9.85. The Morgan fingerprint density at radius 3 is 2.37 bits per heavy atom. The Balaban J connectivity index is 0.945. The van der Waals surface area contributed by atoms with Crippen molar-refractivity contribution in [2.45, 2.75) is 101 Å². The summed E-state index contributed by atoms with van der Waals surface area (Å²) in [6.45, 7) is 3.55. The molecule has 3 saturated heterocycles. The van der Waals surface area contributed by atoms with Crippen molar-refractivity contribution in [1.82, 2.24) is 25.0 Å². The molecule has 2 aromatic rings. The van der Waals surface area contributed by atoms with Crippen molar-refractivity contribution in [1.29, 1.82) is 5.26 Å². The van der Waals surface area contributed by atoms with Gasteiger partial charge in [-0.25, -0.2) is 4.98 Å². The molecule has 1 saturated carbocycles. The Labute approximate surface area is 342 Å². The van der Waals surface area contributed by atoms with Gasteiger partial charge in [-0.1, -0.05) is 12.1 Å². The number of piperidine rings is 1. The second-order valence-electron chi connectivity index (χ2n) is 15.7. The second kappa shape index (κ2) is 17.5. The average Bonchev–Trinajstić information content (AvgIpc) is 3.35. The van der Waals surface area contributed by atoms with Gasteiger partial charge in [-0.3, -0.25) is 34.3 Å². The van der Waals surface area contributed by atoms with Crippen LogP contribution in [0.3, 0.4) is 0 Å². The van der Waals surface area contributed by atoms with E-state index in [9.17, 15) is 45.5 Å². The van der Waals surface area contributed by atoms with Gasteiger partial charge in [-0.2, -0.15) is 31.6 Å². The highest BCUT2D eigenvalue weighted by atomic mass is 32.1. The molecule has 4 fully saturated rings. The summed E-state index contributed by atoms with van der Waals surface area (Å²) in [5, 5.41) is 14.1. The molecular formula is C39H44F6N8O5S. The van der Waals surface area contributed by atoms with E-state index in [1.54, 1.807) is 47.9 Å². The maximum Gasteiger partial charge on any atom is 0.419 e. The number of nitrogens with zero attached hydrogens (tertiary/aromatic N) is 6. The zero-order valence-electron chi connectivity index (χ0n) is 32.4. The molecule has 2 atom stereocenters. The quantitative estimate of drug-likeness (QED) is 0.134. The second-order valence-corrected chi connectivity index (χ2v) is 16.1. The first kappa shape index (κ1) is 43.9. The number of hydrogen-bond acceptors (Lipinski definition) is 10. The van der Waals surface area contributed by atoms with Gasteiger partial charge in [0.2, 0.25) is 17.7 Å². The normalized spacial score (nSPS) is 24.6. The number of thiocarbonyl (C=S) groups is 1. The number of rotatable bonds is 11. The molecule has 6 rings (SSSR count). The summed E-state index contributed by atoms with van der Waals surface area (Å²) >= 11 is 5.65. The Morgan fingerprint density at radius 2 is 1.75 bits per heavy atom. The summed E-state index contributed by atoms with van der Waals surface area (Å²) in [4.78, 5) is 59.3. The summed E-state index contributed by atoms with van der Waals surface area (Å²) in [5.74, 6) is -2.36. The van der Waals surface area contributed by atoms with Crippen LogP contribution in [0.1, 0.15) is 81.5 Å². The van der Waals surface area contributed by atoms with Crippen LogP contribution in [0.4, 0.5) is 37.7 Å². The molecule has 0 bridgehead atoms. The van der Waals surface area contributed by atoms with Crippen LogP contribution < -0.4 is 15.5 Å². The van der Waals surface area contributed by atoms with E-state index in [-0.39, 0.29) is 48.4 Å². The number of pyridine rings is 1. The fourth-order valence-electron chi connectivity index (χ4n) is 8.32. The number of nitrogens with one attached hydrogen (secondary N) is 2. The van der Waals surface area contributed by atoms with E-state index in [4.69, 9.17) is 22.2 Å². The van der Waals surface area contributed by atoms with Crippen LogP contribution in [-0.2, 0) is 30.1 Å². The van der Waals surface area contributed by atoms with Crippen molar-refractivity contribution < 1.29 is 50.3 Å². The van der Waals surface area contributed by atoms with Crippen molar-refractivity contribution in [3.8, 4) is 6.07 Å². The van der Waals surface area contributed by atoms with Gasteiger partial charge in [0.1, 0.15) is 17.6 Å². The number of piperazine rings is 1. The van der Waals surface area contributed by atoms with Crippen LogP contribution in [0.25, 0.3) is 0 Å². The van der Waals surface area contributed by atoms with Gasteiger partial charge in [0.25, 0.3) is 5.91 Å². The molecule has 318 valence electrons. The van der Waals surface area contributed by atoms with Crippen LogP contribution in [0.15, 0.2) is 36.5 Å². The van der Waals surface area contributed by atoms with E-state index >= 15 is 0 Å². The smallest absolute Gasteiger partial charge is 0.378 e. The van der Waals surface area contributed by atoms with E-state index in [1.807, 2.05) is 0 Å². The van der Waals surface area contributed by atoms with E-state index in [0.717, 1.165) is 16.0 Å². The van der Waals surface area contributed by atoms with E-state index < -0.39 is 65.4 Å². The summed E-state index contributed by atoms with van der Waals surface area (Å²) < 4.78 is 89.7. The van der Waals surface area contributed by atoms with Crippen LogP contribution >= 0.6 is 12.2 Å². The van der Waals surface area contributed by atoms with Gasteiger partial charge < -0.3 is 19.9 Å². The van der Waals surface area contributed by atoms with E-state index in [0.29, 0.717) is 75.5 Å². The lowest BCUT2D eigenvalue weighted by molar-refractivity contribution is -0.197. The number of ether oxygens (including phenoxy) is 1. The molecular weight excluding hydrogens is 807 g/mol. The number of alkyl halides is 6. The van der Waals surface area contributed by atoms with Crippen molar-refractivity contribution in [2.75, 3.05) is 49.5 Å². The third-order valence-electron chi connectivity index (χ3n) is 11.4. The minimum Gasteiger partial charge on any atom is -0.378 e. The molecule has 4 aliphatic rings. The van der Waals surface area contributed by atoms with Gasteiger partial charge in [0.15, 0.2) is 10.8 Å². The van der Waals surface area contributed by atoms with Crippen LogP contribution in [0.5, 0.6) is 0 Å². The SMILES string of the molecule is CC1(C)C(=O)N(c2cnc(C#N)c(C(F)(F)F)c2)C(=S)N1[C@H]1CC[C@H](OCCCN2CCN(CC(=O)Nc3ccc(C4CCC(=O)NC4=O)cc3)[C@@H](C(F)(F)F)C2)CC1. The lowest BCUT2D eigenvalue weighted by Gasteiger charge is -2.42. The van der Waals surface area contributed by atoms with Crippen LogP contribution in [0, 0.1) is 11.3 Å². The molecule has 2 N–H and O–H groups in total. The van der Waals surface area contributed by atoms with Gasteiger partial charge in [-0.05, 0) is 88.4 Å². The molecule has 1 aliphatic carbocycles. The first-order chi connectivity index (χ1) is 27.8. The van der Waals surface area contributed by atoms with Gasteiger partial charge >= 0.3 is 12.4 Å². The van der Waals surface area contributed by atoms with Gasteiger partial charge in [0.05, 0.1) is 36.0 Å². The topological polar surface area (TPSA) is 151 Å². The number of imide groups is 1. The molecule has 20 heteroatoms. The van der Waals surface area contributed by atoms with Crippen molar-refractivity contribution in [3.63, 3.8) is 0 Å². The monoisotopic (exact) mass is 850 g/mol. The summed E-state index contributed by atoms with van der Waals surface area (Å²) in [5.41, 5.74) is -2.39. The molecule has 4 heterocycles. The molecule has 59 heavy (non-hydrogen) atoms. The minimum atomic E-state index is -4.87. The Bertz CT molecular complexity index is 1980. The number of halogens is 6. The molecule has 0 spiro atoms. The standard InChI is InChI=1S/C39H44F6N8O5S/c1-37(2)35(57)52(26-18-29(38(40,41)42)30(19-46)47-20-26)36(59)53(37)25-8-10-27(11-9-25)58-17-3-14-50-15-16-51(31(21-50)39(43,44)45)22-33(55)48-24-6-4-23(5-7-24)28-12-13-32(54)49-34(28)56/h4-7,18,20,25,27-28,31H,3,8-17,21-22H2,1-2H3,(H,48,55)(H,49,54,56)/t25-,27-,28?,31-/m1/s1. The first-order valence-electron chi connectivity index (χ1n) is 19.3. The predicted octanol–water partition coefficient (Wildman–Crippen LogP) is 5.11. The van der Waals surface area contributed by atoms with E-state index in [1.165, 1.54) is 6.07 Å². The number of benzene rings is 1. The number of anilines is 2. The highest BCUT2D eigenvalue weighted by molar-refractivity contribution is 7.80. The molecule has 3 aliphatic heterocycles. The van der Waals surface area contributed by atoms with Gasteiger partial charge in [0, 0.05) is 50.9 Å². The molecule has 1 unspecified atom stereocenters. The highest BCUT2D eigenvalue weighted by Gasteiger charge is 2.53. The molecule has 13 nitrogen and oxygen atoms in total. The summed E-state index contributed by atoms with van der Waals surface area (Å²) in [6, 6.07) is 6.51. The summed E-state index contributed by atoms with van der Waals surface area (Å²) in [7, 11) is 0. The zero-order valence-corrected chi connectivity index (χ0v) is 33.2. The Morgan fingerprint density at radius 1 is 1.05 bits per heavy atom. The average molecular weight is 851 g/mol. The largest absolute Gasteiger partial charge is 0.419 e. The fraction of sp³-hybridized carbons (Fsp3) is 0.564. The van der Waals surface area contributed by atoms with Crippen molar-refractivity contribution in [2.24, 2.45) is 0 Å². The number of carbonyl (C=O) groups is 4. The minimum absolute atomic E-state index is 0.0245. The first-order valence-corrected chi connectivity index (χ1v) is 19.7. The van der Waals surface area contributed by atoms with Crippen LogP contribution in [0.2, 0.25) is 0 Å². The van der Waals surface area contributed by atoms with Crippen LogP contribution in [-0.4, -0.2) is 118 Å². The predicted molar refractivity (Wildman–Crippen MR) is 205 cm³/mol. The molecule has 4 amide bonds. The Kier molecular flexibility index (Phi) is 13.0. The third-order valence-corrected chi connectivity index (χ3v) is 11.8. The number of nitriles is 1. The lowest BCUT2D eigenvalue weighted by Crippen LogP contribution is -2.60. The number of aromatic nitrogens is 1. The van der Waals surface area contributed by atoms with Crippen molar-refractivity contribution >= 4 is 52.3 Å².